The summed E-state index contributed by atoms with van der Waals surface area (Å²) in [5, 5.41) is 10.0. The molecule has 1 aliphatic rings. The molecule has 1 saturated heterocycles. The van der Waals surface area contributed by atoms with Gasteiger partial charge >= 0.3 is 6.03 Å². The summed E-state index contributed by atoms with van der Waals surface area (Å²) in [6.45, 7) is 9.85. The van der Waals surface area contributed by atoms with Gasteiger partial charge in [0.25, 0.3) is 0 Å². The van der Waals surface area contributed by atoms with Crippen LogP contribution in [0, 0.1) is 6.92 Å². The first-order valence-corrected chi connectivity index (χ1v) is 9.15. The van der Waals surface area contributed by atoms with Crippen LogP contribution in [0.25, 0.3) is 0 Å². The molecule has 2 aromatic heterocycles. The number of hydrogen-bond donors (Lipinski definition) is 1. The molecule has 3 heterocycles. The highest BCUT2D eigenvalue weighted by Gasteiger charge is 2.27. The van der Waals surface area contributed by atoms with Crippen LogP contribution in [0.5, 0.6) is 0 Å². The maximum Gasteiger partial charge on any atom is 0.321 e. The van der Waals surface area contributed by atoms with Gasteiger partial charge < -0.3 is 14.7 Å². The predicted molar refractivity (Wildman–Crippen MR) is 94.6 cm³/mol. The summed E-state index contributed by atoms with van der Waals surface area (Å²) in [6, 6.07) is -0.0886. The molecule has 0 atom stereocenters. The second kappa shape index (κ2) is 6.55. The molecule has 0 aromatic carbocycles. The monoisotopic (exact) mass is 348 g/mol. The fraction of sp³-hybridized carbons (Fsp3) is 0.588. The van der Waals surface area contributed by atoms with Crippen molar-refractivity contribution in [1.29, 1.82) is 0 Å². The number of aryl methyl sites for hydroxylation is 1. The molecule has 1 fully saturated rings. The molecule has 7 heteroatoms. The Morgan fingerprint density at radius 3 is 2.62 bits per heavy atom. The van der Waals surface area contributed by atoms with Crippen LogP contribution in [0.1, 0.15) is 55.9 Å². The van der Waals surface area contributed by atoms with Crippen LogP contribution in [0.3, 0.4) is 0 Å². The lowest BCUT2D eigenvalue weighted by atomic mass is 9.93. The normalized spacial score (nSPS) is 16.4. The van der Waals surface area contributed by atoms with Gasteiger partial charge in [-0.2, -0.15) is 0 Å². The van der Waals surface area contributed by atoms with Gasteiger partial charge in [0, 0.05) is 29.8 Å². The summed E-state index contributed by atoms with van der Waals surface area (Å²) < 4.78 is 4.85. The van der Waals surface area contributed by atoms with E-state index in [1.165, 1.54) is 11.3 Å². The minimum absolute atomic E-state index is 0.0886. The average Bonchev–Trinajstić information content (AvgIpc) is 3.17. The van der Waals surface area contributed by atoms with Crippen molar-refractivity contribution in [3.05, 3.63) is 28.0 Å². The number of likely N-dealkylation sites (tertiary alicyclic amines) is 1. The van der Waals surface area contributed by atoms with Gasteiger partial charge in [-0.3, -0.25) is 0 Å². The molecule has 0 spiro atoms. The van der Waals surface area contributed by atoms with E-state index in [1.807, 2.05) is 4.90 Å². The van der Waals surface area contributed by atoms with Gasteiger partial charge in [-0.25, -0.2) is 9.78 Å². The van der Waals surface area contributed by atoms with E-state index in [4.69, 9.17) is 9.51 Å². The number of carbonyl (C=O) groups is 1. The Balaban J connectivity index is 1.56. The standard InChI is InChI=1S/C17H24N4O2S/c1-11-13(9-23-20-11)18-16(22)21-7-5-12(6-8-21)15-19-14(10-24-15)17(2,3)4/h9-10,12H,5-8H2,1-4H3,(H,18,22). The highest BCUT2D eigenvalue weighted by Crippen LogP contribution is 2.33. The van der Waals surface area contributed by atoms with Gasteiger partial charge in [0.2, 0.25) is 0 Å². The van der Waals surface area contributed by atoms with E-state index in [0.29, 0.717) is 17.3 Å². The molecule has 2 aromatic rings. The van der Waals surface area contributed by atoms with Gasteiger partial charge in [0.15, 0.2) is 0 Å². The van der Waals surface area contributed by atoms with E-state index in [9.17, 15) is 4.79 Å². The summed E-state index contributed by atoms with van der Waals surface area (Å²) >= 11 is 1.75. The molecule has 0 bridgehead atoms. The smallest absolute Gasteiger partial charge is 0.321 e. The second-order valence-electron chi connectivity index (χ2n) is 7.33. The molecule has 3 rings (SSSR count). The van der Waals surface area contributed by atoms with Crippen molar-refractivity contribution in [1.82, 2.24) is 15.0 Å². The van der Waals surface area contributed by atoms with Crippen LogP contribution in [0.4, 0.5) is 10.5 Å². The molecule has 1 aliphatic heterocycles. The second-order valence-corrected chi connectivity index (χ2v) is 8.22. The molecule has 24 heavy (non-hydrogen) atoms. The third-order valence-electron chi connectivity index (χ3n) is 4.41. The van der Waals surface area contributed by atoms with Gasteiger partial charge in [-0.15, -0.1) is 11.3 Å². The quantitative estimate of drug-likeness (QED) is 0.885. The van der Waals surface area contributed by atoms with E-state index < -0.39 is 0 Å². The molecular weight excluding hydrogens is 324 g/mol. The van der Waals surface area contributed by atoms with E-state index in [-0.39, 0.29) is 11.4 Å². The third-order valence-corrected chi connectivity index (χ3v) is 5.42. The molecule has 0 saturated carbocycles. The van der Waals surface area contributed by atoms with Gasteiger partial charge in [-0.05, 0) is 19.8 Å². The minimum Gasteiger partial charge on any atom is -0.362 e. The van der Waals surface area contributed by atoms with Crippen LogP contribution in [-0.4, -0.2) is 34.2 Å². The number of thiazole rings is 1. The molecule has 0 aliphatic carbocycles. The van der Waals surface area contributed by atoms with E-state index >= 15 is 0 Å². The topological polar surface area (TPSA) is 71.3 Å². The molecule has 1 N–H and O–H groups in total. The molecule has 130 valence electrons. The maximum atomic E-state index is 12.3. The zero-order chi connectivity index (χ0) is 17.3. The number of anilines is 1. The van der Waals surface area contributed by atoms with E-state index in [0.717, 1.165) is 31.6 Å². The lowest BCUT2D eigenvalue weighted by molar-refractivity contribution is 0.194. The van der Waals surface area contributed by atoms with Gasteiger partial charge in [0.1, 0.15) is 17.6 Å². The first kappa shape index (κ1) is 17.0. The first-order chi connectivity index (χ1) is 11.3. The van der Waals surface area contributed by atoms with Crippen molar-refractivity contribution in [2.75, 3.05) is 18.4 Å². The van der Waals surface area contributed by atoms with E-state index in [2.05, 4.69) is 36.6 Å². The summed E-state index contributed by atoms with van der Waals surface area (Å²) in [7, 11) is 0. The zero-order valence-corrected chi connectivity index (χ0v) is 15.4. The Hall–Kier alpha value is -1.89. The van der Waals surface area contributed by atoms with Crippen LogP contribution < -0.4 is 5.32 Å². The number of aromatic nitrogens is 2. The summed E-state index contributed by atoms with van der Waals surface area (Å²) in [4.78, 5) is 19.0. The highest BCUT2D eigenvalue weighted by molar-refractivity contribution is 7.09. The Kier molecular flexibility index (Phi) is 4.62. The number of urea groups is 1. The number of nitrogens with zero attached hydrogens (tertiary/aromatic N) is 3. The number of carbonyl (C=O) groups excluding carboxylic acids is 1. The number of piperidine rings is 1. The Morgan fingerprint density at radius 1 is 1.38 bits per heavy atom. The van der Waals surface area contributed by atoms with Crippen LogP contribution in [0.2, 0.25) is 0 Å². The highest BCUT2D eigenvalue weighted by atomic mass is 32.1. The Bertz CT molecular complexity index is 708. The largest absolute Gasteiger partial charge is 0.362 e. The molecule has 2 amide bonds. The molecular formula is C17H24N4O2S. The number of amides is 2. The molecule has 6 nitrogen and oxygen atoms in total. The Morgan fingerprint density at radius 2 is 2.08 bits per heavy atom. The van der Waals surface area contributed by atoms with E-state index in [1.54, 1.807) is 18.3 Å². The van der Waals surface area contributed by atoms with Crippen LogP contribution >= 0.6 is 11.3 Å². The SMILES string of the molecule is Cc1nocc1NC(=O)N1CCC(c2nc(C(C)(C)C)cs2)CC1. The third kappa shape index (κ3) is 3.61. The zero-order valence-electron chi connectivity index (χ0n) is 14.6. The summed E-state index contributed by atoms with van der Waals surface area (Å²) in [5.41, 5.74) is 2.57. The predicted octanol–water partition coefficient (Wildman–Crippen LogP) is 4.15. The van der Waals surface area contributed by atoms with Crippen molar-refractivity contribution >= 4 is 23.1 Å². The number of nitrogens with one attached hydrogen (secondary N) is 1. The maximum absolute atomic E-state index is 12.3. The van der Waals surface area contributed by atoms with Crippen LogP contribution in [-0.2, 0) is 5.41 Å². The van der Waals surface area contributed by atoms with Crippen molar-refractivity contribution in [2.24, 2.45) is 0 Å². The fourth-order valence-corrected chi connectivity index (χ4v) is 3.97. The molecule has 0 unspecified atom stereocenters. The van der Waals surface area contributed by atoms with Crippen molar-refractivity contribution in [2.45, 2.75) is 51.9 Å². The van der Waals surface area contributed by atoms with Gasteiger partial charge in [-0.1, -0.05) is 25.9 Å². The van der Waals surface area contributed by atoms with Gasteiger partial charge in [0.05, 0.1) is 10.7 Å². The van der Waals surface area contributed by atoms with Crippen molar-refractivity contribution in [3.63, 3.8) is 0 Å². The van der Waals surface area contributed by atoms with Crippen LogP contribution in [0.15, 0.2) is 16.2 Å². The lowest BCUT2D eigenvalue weighted by Crippen LogP contribution is -2.40. The number of hydrogen-bond acceptors (Lipinski definition) is 5. The average molecular weight is 348 g/mol. The summed E-state index contributed by atoms with van der Waals surface area (Å²) in [6.07, 6.45) is 3.36. The van der Waals surface area contributed by atoms with Crippen molar-refractivity contribution < 1.29 is 9.32 Å². The first-order valence-electron chi connectivity index (χ1n) is 8.27. The lowest BCUT2D eigenvalue weighted by Gasteiger charge is -2.31. The van der Waals surface area contributed by atoms with Crippen molar-refractivity contribution in [3.8, 4) is 0 Å². The summed E-state index contributed by atoms with van der Waals surface area (Å²) in [5.74, 6) is 0.451. The minimum atomic E-state index is -0.0886. The number of rotatable bonds is 2. The Labute approximate surface area is 146 Å². The molecule has 0 radical (unpaired) electrons. The fourth-order valence-electron chi connectivity index (χ4n) is 2.76.